The lowest BCUT2D eigenvalue weighted by molar-refractivity contribution is 0.0880. The first-order chi connectivity index (χ1) is 13.0. The van der Waals surface area contributed by atoms with Crippen LogP contribution < -0.4 is 5.32 Å². The molecule has 1 N–H and O–H groups in total. The quantitative estimate of drug-likeness (QED) is 0.652. The topological polar surface area (TPSA) is 59.4 Å². The van der Waals surface area contributed by atoms with Gasteiger partial charge in [0.1, 0.15) is 0 Å². The van der Waals surface area contributed by atoms with Crippen LogP contribution in [0.4, 0.5) is 0 Å². The predicted molar refractivity (Wildman–Crippen MR) is 109 cm³/mol. The number of hydrogen-bond donors (Lipinski definition) is 1. The van der Waals surface area contributed by atoms with Crippen LogP contribution in [-0.2, 0) is 11.8 Å². The number of ether oxygens (including phenoxy) is 1. The Morgan fingerprint density at radius 1 is 1.15 bits per heavy atom. The van der Waals surface area contributed by atoms with Crippen LogP contribution in [0.3, 0.4) is 0 Å². The smallest absolute Gasteiger partial charge is 0.271 e. The second-order valence-electron chi connectivity index (χ2n) is 6.73. The molecule has 27 heavy (non-hydrogen) atoms. The molecule has 0 saturated heterocycles. The van der Waals surface area contributed by atoms with Crippen molar-refractivity contribution in [3.63, 3.8) is 0 Å². The highest BCUT2D eigenvalue weighted by Crippen LogP contribution is 2.22. The molecule has 0 aliphatic rings. The van der Waals surface area contributed by atoms with Crippen molar-refractivity contribution >= 4 is 5.91 Å². The number of rotatable bonds is 10. The number of carbonyl (C=O) groups is 1. The van der Waals surface area contributed by atoms with Crippen molar-refractivity contribution in [2.75, 3.05) is 39.4 Å². The Balaban J connectivity index is 1.84. The largest absolute Gasteiger partial charge is 0.378 e. The Bertz CT molecular complexity index is 751. The predicted octanol–water partition coefficient (Wildman–Crippen LogP) is 2.79. The molecule has 0 spiro atoms. The highest BCUT2D eigenvalue weighted by Gasteiger charge is 2.14. The summed E-state index contributed by atoms with van der Waals surface area (Å²) in [5.41, 5.74) is 4.89. The van der Waals surface area contributed by atoms with E-state index >= 15 is 0 Å². The zero-order chi connectivity index (χ0) is 19.8. The van der Waals surface area contributed by atoms with Crippen molar-refractivity contribution < 1.29 is 9.53 Å². The summed E-state index contributed by atoms with van der Waals surface area (Å²) in [6.07, 6.45) is 0. The second-order valence-corrected chi connectivity index (χ2v) is 6.73. The molecule has 2 aromatic rings. The van der Waals surface area contributed by atoms with Gasteiger partial charge in [0.05, 0.1) is 18.9 Å². The summed E-state index contributed by atoms with van der Waals surface area (Å²) in [7, 11) is 1.86. The third-order valence-electron chi connectivity index (χ3n) is 4.89. The number of likely N-dealkylation sites (N-methyl/N-ethyl adjacent to an activating group) is 1. The van der Waals surface area contributed by atoms with E-state index in [1.165, 1.54) is 11.1 Å². The van der Waals surface area contributed by atoms with E-state index in [-0.39, 0.29) is 5.91 Å². The van der Waals surface area contributed by atoms with Crippen LogP contribution in [0.25, 0.3) is 11.3 Å². The van der Waals surface area contributed by atoms with E-state index in [0.29, 0.717) is 25.5 Å². The van der Waals surface area contributed by atoms with E-state index in [0.717, 1.165) is 30.9 Å². The monoisotopic (exact) mass is 372 g/mol. The first-order valence-corrected chi connectivity index (χ1v) is 9.66. The van der Waals surface area contributed by atoms with Crippen LogP contribution in [0, 0.1) is 13.8 Å². The van der Waals surface area contributed by atoms with Gasteiger partial charge in [-0.3, -0.25) is 9.48 Å². The van der Waals surface area contributed by atoms with E-state index in [4.69, 9.17) is 4.74 Å². The fourth-order valence-corrected chi connectivity index (χ4v) is 2.91. The molecule has 6 nitrogen and oxygen atoms in total. The lowest BCUT2D eigenvalue weighted by Gasteiger charge is -2.17. The second kappa shape index (κ2) is 10.2. The summed E-state index contributed by atoms with van der Waals surface area (Å²) in [6, 6.07) is 8.11. The lowest BCUT2D eigenvalue weighted by Crippen LogP contribution is -2.30. The van der Waals surface area contributed by atoms with E-state index in [2.05, 4.69) is 61.2 Å². The van der Waals surface area contributed by atoms with E-state index in [1.807, 2.05) is 13.1 Å². The number of hydrogen-bond acceptors (Lipinski definition) is 4. The molecule has 0 unspecified atom stereocenters. The number of aromatic nitrogens is 2. The Labute approximate surface area is 162 Å². The molecule has 0 bridgehead atoms. The van der Waals surface area contributed by atoms with Gasteiger partial charge in [0.15, 0.2) is 5.69 Å². The molecule has 1 aromatic heterocycles. The standard InChI is InChI=1S/C21H32N4O2/c1-6-25(7-2)11-13-27-12-10-22-21(26)19-15-20(24(5)23-19)18-9-8-16(3)17(4)14-18/h8-9,14-15H,6-7,10-13H2,1-5H3,(H,22,26). The summed E-state index contributed by atoms with van der Waals surface area (Å²) < 4.78 is 7.34. The highest BCUT2D eigenvalue weighted by molar-refractivity contribution is 5.93. The first-order valence-electron chi connectivity index (χ1n) is 9.66. The van der Waals surface area contributed by atoms with E-state index < -0.39 is 0 Å². The van der Waals surface area contributed by atoms with Crippen LogP contribution in [0.15, 0.2) is 24.3 Å². The van der Waals surface area contributed by atoms with E-state index in [1.54, 1.807) is 4.68 Å². The van der Waals surface area contributed by atoms with Gasteiger partial charge in [-0.2, -0.15) is 5.10 Å². The molecule has 0 aliphatic carbocycles. The fraction of sp³-hybridized carbons (Fsp3) is 0.524. The summed E-state index contributed by atoms with van der Waals surface area (Å²) in [4.78, 5) is 14.7. The molecule has 0 aliphatic heterocycles. The first kappa shape index (κ1) is 21.1. The van der Waals surface area contributed by atoms with Gasteiger partial charge >= 0.3 is 0 Å². The SMILES string of the molecule is CCN(CC)CCOCCNC(=O)c1cc(-c2ccc(C)c(C)c2)n(C)n1. The zero-order valence-electron chi connectivity index (χ0n) is 17.2. The molecule has 148 valence electrons. The summed E-state index contributed by atoms with van der Waals surface area (Å²) in [5.74, 6) is -0.173. The molecular formula is C21H32N4O2. The average molecular weight is 373 g/mol. The number of aryl methyl sites for hydroxylation is 3. The molecule has 1 aromatic carbocycles. The molecule has 6 heteroatoms. The number of carbonyl (C=O) groups excluding carboxylic acids is 1. The normalized spacial score (nSPS) is 11.2. The van der Waals surface area contributed by atoms with Gasteiger partial charge in [-0.1, -0.05) is 26.0 Å². The maximum Gasteiger partial charge on any atom is 0.271 e. The maximum atomic E-state index is 12.3. The number of nitrogens with one attached hydrogen (secondary N) is 1. The number of amides is 1. The highest BCUT2D eigenvalue weighted by atomic mass is 16.5. The summed E-state index contributed by atoms with van der Waals surface area (Å²) in [5, 5.41) is 7.23. The molecule has 0 atom stereocenters. The van der Waals surface area contributed by atoms with Crippen LogP contribution >= 0.6 is 0 Å². The van der Waals surface area contributed by atoms with E-state index in [9.17, 15) is 4.79 Å². The van der Waals surface area contributed by atoms with Gasteiger partial charge in [0, 0.05) is 25.7 Å². The Kier molecular flexibility index (Phi) is 8.00. The zero-order valence-corrected chi connectivity index (χ0v) is 17.2. The average Bonchev–Trinajstić information content (AvgIpc) is 3.05. The van der Waals surface area contributed by atoms with Crippen molar-refractivity contribution in [1.29, 1.82) is 0 Å². The number of benzene rings is 1. The van der Waals surface area contributed by atoms with Crippen LogP contribution in [0.2, 0.25) is 0 Å². The summed E-state index contributed by atoms with van der Waals surface area (Å²) >= 11 is 0. The minimum Gasteiger partial charge on any atom is -0.378 e. The summed E-state index contributed by atoms with van der Waals surface area (Å²) in [6.45, 7) is 13.1. The number of nitrogens with zero attached hydrogens (tertiary/aromatic N) is 3. The maximum absolute atomic E-state index is 12.3. The molecule has 0 radical (unpaired) electrons. The molecule has 0 fully saturated rings. The Hall–Kier alpha value is -2.18. The van der Waals surface area contributed by atoms with Gasteiger partial charge < -0.3 is 15.0 Å². The van der Waals surface area contributed by atoms with Gasteiger partial charge in [-0.25, -0.2) is 0 Å². The van der Waals surface area contributed by atoms with Gasteiger partial charge in [0.2, 0.25) is 0 Å². The minimum atomic E-state index is -0.173. The van der Waals surface area contributed by atoms with Gasteiger partial charge in [0.25, 0.3) is 5.91 Å². The molecular weight excluding hydrogens is 340 g/mol. The van der Waals surface area contributed by atoms with Gasteiger partial charge in [-0.15, -0.1) is 0 Å². The van der Waals surface area contributed by atoms with Crippen molar-refractivity contribution in [3.8, 4) is 11.3 Å². The Morgan fingerprint density at radius 3 is 2.56 bits per heavy atom. The molecule has 1 amide bonds. The van der Waals surface area contributed by atoms with Crippen molar-refractivity contribution in [3.05, 3.63) is 41.1 Å². The minimum absolute atomic E-state index is 0.173. The van der Waals surface area contributed by atoms with Crippen molar-refractivity contribution in [2.24, 2.45) is 7.05 Å². The molecule has 1 heterocycles. The lowest BCUT2D eigenvalue weighted by atomic mass is 10.0. The third-order valence-corrected chi connectivity index (χ3v) is 4.89. The third kappa shape index (κ3) is 5.91. The van der Waals surface area contributed by atoms with Crippen LogP contribution in [-0.4, -0.2) is 60.0 Å². The molecule has 0 saturated carbocycles. The van der Waals surface area contributed by atoms with Crippen molar-refractivity contribution in [2.45, 2.75) is 27.7 Å². The van der Waals surface area contributed by atoms with Crippen LogP contribution in [0.5, 0.6) is 0 Å². The van der Waals surface area contributed by atoms with Crippen LogP contribution in [0.1, 0.15) is 35.5 Å². The Morgan fingerprint density at radius 2 is 1.89 bits per heavy atom. The molecule has 2 rings (SSSR count). The van der Waals surface area contributed by atoms with Gasteiger partial charge in [-0.05, 0) is 50.2 Å². The fourth-order valence-electron chi connectivity index (χ4n) is 2.91. The van der Waals surface area contributed by atoms with Crippen molar-refractivity contribution in [1.82, 2.24) is 20.0 Å².